The van der Waals surface area contributed by atoms with Gasteiger partial charge in [-0.05, 0) is 62.5 Å². The van der Waals surface area contributed by atoms with E-state index in [-0.39, 0.29) is 0 Å². The van der Waals surface area contributed by atoms with Crippen molar-refractivity contribution in [3.05, 3.63) is 42.0 Å². The molecule has 0 spiro atoms. The Morgan fingerprint density at radius 3 is 2.78 bits per heavy atom. The van der Waals surface area contributed by atoms with Crippen molar-refractivity contribution in [2.45, 2.75) is 35.2 Å². The lowest BCUT2D eigenvalue weighted by atomic mass is 9.96. The number of para-hydroxylation sites is 1. The second-order valence-corrected chi connectivity index (χ2v) is 8.13. The molecule has 0 aliphatic carbocycles. The minimum atomic E-state index is -4.36. The molecule has 1 unspecified atom stereocenters. The van der Waals surface area contributed by atoms with Gasteiger partial charge in [0.1, 0.15) is 0 Å². The Morgan fingerprint density at radius 1 is 1.15 bits per heavy atom. The summed E-state index contributed by atoms with van der Waals surface area (Å²) in [6, 6.07) is 10.1. The summed E-state index contributed by atoms with van der Waals surface area (Å²) in [4.78, 5) is 1.54. The second-order valence-electron chi connectivity index (χ2n) is 7.05. The van der Waals surface area contributed by atoms with Crippen molar-refractivity contribution in [1.29, 1.82) is 0 Å². The largest absolute Gasteiger partial charge is 0.416 e. The van der Waals surface area contributed by atoms with Gasteiger partial charge in [0.15, 0.2) is 0 Å². The summed E-state index contributed by atoms with van der Waals surface area (Å²) in [5.41, 5.74) is 1.56. The van der Waals surface area contributed by atoms with Crippen LogP contribution in [0.1, 0.15) is 24.8 Å². The van der Waals surface area contributed by atoms with Crippen LogP contribution in [-0.4, -0.2) is 19.6 Å². The molecule has 1 atom stereocenters. The standard InChI is InChI=1S/C20H22F3N3S/c21-20(22,23)14-10-16(25-9-7-13-4-3-8-24-12-13)19-18(11-14)27-17-6-2-1-5-15(17)26-19/h1-2,5-6,10-11,13,24-26H,3-4,7-9,12H2. The number of hydrogen-bond acceptors (Lipinski definition) is 4. The quantitative estimate of drug-likeness (QED) is 0.530. The normalized spacial score (nSPS) is 19.0. The van der Waals surface area contributed by atoms with Gasteiger partial charge in [0.05, 0.1) is 22.6 Å². The molecule has 0 bridgehead atoms. The molecule has 3 nitrogen and oxygen atoms in total. The number of fused-ring (bicyclic) bond motifs is 2. The molecule has 4 rings (SSSR count). The molecule has 0 saturated carbocycles. The van der Waals surface area contributed by atoms with Crippen molar-refractivity contribution in [3.8, 4) is 0 Å². The van der Waals surface area contributed by atoms with Gasteiger partial charge >= 0.3 is 6.18 Å². The Labute approximate surface area is 161 Å². The lowest BCUT2D eigenvalue weighted by molar-refractivity contribution is -0.137. The van der Waals surface area contributed by atoms with E-state index in [9.17, 15) is 13.2 Å². The maximum atomic E-state index is 13.4. The van der Waals surface area contributed by atoms with Crippen LogP contribution >= 0.6 is 11.8 Å². The highest BCUT2D eigenvalue weighted by Crippen LogP contribution is 2.49. The van der Waals surface area contributed by atoms with Crippen LogP contribution in [0.5, 0.6) is 0 Å². The highest BCUT2D eigenvalue weighted by atomic mass is 32.2. The van der Waals surface area contributed by atoms with Crippen LogP contribution in [-0.2, 0) is 6.18 Å². The highest BCUT2D eigenvalue weighted by molar-refractivity contribution is 7.99. The lowest BCUT2D eigenvalue weighted by Gasteiger charge is -2.26. The number of benzene rings is 2. The predicted molar refractivity (Wildman–Crippen MR) is 104 cm³/mol. The first kappa shape index (κ1) is 18.5. The summed E-state index contributed by atoms with van der Waals surface area (Å²) in [7, 11) is 0. The zero-order chi connectivity index (χ0) is 18.9. The van der Waals surface area contributed by atoms with Gasteiger partial charge in [-0.1, -0.05) is 23.9 Å². The molecule has 2 aliphatic heterocycles. The fraction of sp³-hybridized carbons (Fsp3) is 0.400. The summed E-state index contributed by atoms with van der Waals surface area (Å²) in [6.07, 6.45) is -1.08. The molecular weight excluding hydrogens is 371 g/mol. The Kier molecular flexibility index (Phi) is 5.23. The first-order chi connectivity index (χ1) is 13.0. The molecule has 1 fully saturated rings. The van der Waals surface area contributed by atoms with Crippen molar-refractivity contribution in [2.24, 2.45) is 5.92 Å². The fourth-order valence-corrected chi connectivity index (χ4v) is 4.68. The second kappa shape index (κ2) is 7.64. The third-order valence-electron chi connectivity index (χ3n) is 5.06. The van der Waals surface area contributed by atoms with E-state index in [0.717, 1.165) is 35.8 Å². The van der Waals surface area contributed by atoms with Crippen LogP contribution in [0.3, 0.4) is 0 Å². The lowest BCUT2D eigenvalue weighted by Crippen LogP contribution is -2.30. The van der Waals surface area contributed by atoms with Crippen molar-refractivity contribution >= 4 is 28.8 Å². The van der Waals surface area contributed by atoms with E-state index in [0.29, 0.717) is 23.0 Å². The number of nitrogens with one attached hydrogen (secondary N) is 3. The minimum Gasteiger partial charge on any atom is -0.383 e. The van der Waals surface area contributed by atoms with Gasteiger partial charge in [0.25, 0.3) is 0 Å². The van der Waals surface area contributed by atoms with Crippen LogP contribution in [0.25, 0.3) is 0 Å². The summed E-state index contributed by atoms with van der Waals surface area (Å²) < 4.78 is 40.1. The Morgan fingerprint density at radius 2 is 2.00 bits per heavy atom. The number of alkyl halides is 3. The molecule has 3 N–H and O–H groups in total. The Balaban J connectivity index is 1.57. The van der Waals surface area contributed by atoms with E-state index in [1.54, 1.807) is 0 Å². The van der Waals surface area contributed by atoms with Crippen LogP contribution in [0, 0.1) is 5.92 Å². The van der Waals surface area contributed by atoms with E-state index in [4.69, 9.17) is 0 Å². The molecule has 1 saturated heterocycles. The average Bonchev–Trinajstić information content (AvgIpc) is 2.66. The molecular formula is C20H22F3N3S. The average molecular weight is 393 g/mol. The van der Waals surface area contributed by atoms with E-state index < -0.39 is 11.7 Å². The smallest absolute Gasteiger partial charge is 0.383 e. The first-order valence-electron chi connectivity index (χ1n) is 9.24. The molecule has 2 heterocycles. The van der Waals surface area contributed by atoms with Crippen molar-refractivity contribution in [3.63, 3.8) is 0 Å². The van der Waals surface area contributed by atoms with Gasteiger partial charge in [0.2, 0.25) is 0 Å². The van der Waals surface area contributed by atoms with Crippen molar-refractivity contribution < 1.29 is 13.2 Å². The minimum absolute atomic E-state index is 0.519. The number of hydrogen-bond donors (Lipinski definition) is 3. The summed E-state index contributed by atoms with van der Waals surface area (Å²) in [5.74, 6) is 0.580. The number of piperidine rings is 1. The number of anilines is 3. The van der Waals surface area contributed by atoms with E-state index >= 15 is 0 Å². The number of rotatable bonds is 4. The first-order valence-corrected chi connectivity index (χ1v) is 10.1. The van der Waals surface area contributed by atoms with Crippen LogP contribution in [0.15, 0.2) is 46.2 Å². The monoisotopic (exact) mass is 393 g/mol. The molecule has 0 radical (unpaired) electrons. The highest BCUT2D eigenvalue weighted by Gasteiger charge is 2.33. The molecule has 144 valence electrons. The van der Waals surface area contributed by atoms with E-state index in [1.165, 1.54) is 36.7 Å². The van der Waals surface area contributed by atoms with Gasteiger partial charge < -0.3 is 16.0 Å². The summed E-state index contributed by atoms with van der Waals surface area (Å²) >= 11 is 1.38. The van der Waals surface area contributed by atoms with Gasteiger partial charge in [0, 0.05) is 16.3 Å². The molecule has 0 aromatic heterocycles. The summed E-state index contributed by atoms with van der Waals surface area (Å²) in [5, 5.41) is 9.95. The molecule has 0 amide bonds. The van der Waals surface area contributed by atoms with E-state index in [1.807, 2.05) is 24.3 Å². The maximum absolute atomic E-state index is 13.4. The topological polar surface area (TPSA) is 36.1 Å². The zero-order valence-corrected chi connectivity index (χ0v) is 15.6. The zero-order valence-electron chi connectivity index (χ0n) is 14.8. The number of halogens is 3. The Hall–Kier alpha value is -1.86. The predicted octanol–water partition coefficient (Wildman–Crippen LogP) is 5.72. The van der Waals surface area contributed by atoms with Crippen LogP contribution < -0.4 is 16.0 Å². The van der Waals surface area contributed by atoms with E-state index in [2.05, 4.69) is 16.0 Å². The van der Waals surface area contributed by atoms with Crippen molar-refractivity contribution in [1.82, 2.24) is 5.32 Å². The Bertz CT molecular complexity index is 817. The van der Waals surface area contributed by atoms with Gasteiger partial charge in [-0.15, -0.1) is 0 Å². The molecule has 2 aromatic carbocycles. The molecule has 27 heavy (non-hydrogen) atoms. The van der Waals surface area contributed by atoms with Crippen LogP contribution in [0.2, 0.25) is 0 Å². The summed E-state index contributed by atoms with van der Waals surface area (Å²) in [6.45, 7) is 2.71. The van der Waals surface area contributed by atoms with Crippen LogP contribution in [0.4, 0.5) is 30.2 Å². The third-order valence-corrected chi connectivity index (χ3v) is 6.18. The van der Waals surface area contributed by atoms with Crippen molar-refractivity contribution in [2.75, 3.05) is 30.3 Å². The molecule has 2 aliphatic rings. The van der Waals surface area contributed by atoms with Gasteiger partial charge in [-0.3, -0.25) is 0 Å². The van der Waals surface area contributed by atoms with Gasteiger partial charge in [-0.25, -0.2) is 0 Å². The fourth-order valence-electron chi connectivity index (χ4n) is 3.62. The maximum Gasteiger partial charge on any atom is 0.416 e. The third kappa shape index (κ3) is 4.19. The van der Waals surface area contributed by atoms with Gasteiger partial charge in [-0.2, -0.15) is 13.2 Å². The SMILES string of the molecule is FC(F)(F)c1cc(NCCC2CCCNC2)c2c(c1)Sc1ccccc1N2. The molecule has 2 aromatic rings. The molecule has 7 heteroatoms.